The lowest BCUT2D eigenvalue weighted by molar-refractivity contribution is -0.139. The molecule has 0 heterocycles. The monoisotopic (exact) mass is 292 g/mol. The number of nitrogen functional groups attached to an aromatic ring is 1. The number of carbonyl (C=O) groups is 1. The summed E-state index contributed by atoms with van der Waals surface area (Å²) in [6.07, 6.45) is 0. The number of nitrogens with two attached hydrogens (primary N) is 1. The number of nitrogens with one attached hydrogen (secondary N) is 1. The Balaban J connectivity index is 3.06. The maximum absolute atomic E-state index is 11.9. The first-order chi connectivity index (χ1) is 8.27. The van der Waals surface area contributed by atoms with Gasteiger partial charge in [-0.25, -0.2) is 8.42 Å². The first-order valence-corrected chi connectivity index (χ1v) is 6.76. The van der Waals surface area contributed by atoms with Crippen LogP contribution in [0.15, 0.2) is 17.0 Å². The Bertz CT molecular complexity index is 571. The van der Waals surface area contributed by atoms with Crippen molar-refractivity contribution >= 4 is 33.3 Å². The fraction of sp³-hybridized carbons (Fsp3) is 0.300. The van der Waals surface area contributed by atoms with E-state index in [0.717, 1.165) is 7.11 Å². The molecule has 0 bridgehead atoms. The van der Waals surface area contributed by atoms with Gasteiger partial charge in [0.2, 0.25) is 10.0 Å². The largest absolute Gasteiger partial charge is 0.468 e. The summed E-state index contributed by atoms with van der Waals surface area (Å²) in [5, 5.41) is 0.0408. The van der Waals surface area contributed by atoms with Crippen molar-refractivity contribution in [3.05, 3.63) is 22.7 Å². The summed E-state index contributed by atoms with van der Waals surface area (Å²) in [4.78, 5) is 10.7. The number of anilines is 1. The molecule has 0 aliphatic carbocycles. The maximum atomic E-state index is 11.9. The van der Waals surface area contributed by atoms with Crippen molar-refractivity contribution in [2.45, 2.75) is 11.8 Å². The predicted molar refractivity (Wildman–Crippen MR) is 67.8 cm³/mol. The van der Waals surface area contributed by atoms with Crippen LogP contribution in [0.25, 0.3) is 0 Å². The summed E-state index contributed by atoms with van der Waals surface area (Å²) in [6.45, 7) is 1.24. The molecule has 1 aromatic rings. The summed E-state index contributed by atoms with van der Waals surface area (Å²) in [7, 11) is -2.74. The van der Waals surface area contributed by atoms with Crippen LogP contribution < -0.4 is 10.5 Å². The summed E-state index contributed by atoms with van der Waals surface area (Å²) < 4.78 is 30.2. The van der Waals surface area contributed by atoms with E-state index >= 15 is 0 Å². The number of sulfonamides is 1. The summed E-state index contributed by atoms with van der Waals surface area (Å²) in [5.74, 6) is -0.699. The molecule has 3 N–H and O–H groups in total. The fourth-order valence-corrected chi connectivity index (χ4v) is 2.76. The molecule has 0 aliphatic rings. The van der Waals surface area contributed by atoms with Crippen molar-refractivity contribution in [1.82, 2.24) is 4.72 Å². The molecule has 100 valence electrons. The highest BCUT2D eigenvalue weighted by molar-refractivity contribution is 7.89. The molecular formula is C10H13ClN2O4S. The van der Waals surface area contributed by atoms with Crippen molar-refractivity contribution in [1.29, 1.82) is 0 Å². The number of benzene rings is 1. The molecule has 0 amide bonds. The third kappa shape index (κ3) is 3.34. The highest BCUT2D eigenvalue weighted by Crippen LogP contribution is 2.26. The number of hydrogen-bond donors (Lipinski definition) is 2. The zero-order valence-electron chi connectivity index (χ0n) is 9.86. The van der Waals surface area contributed by atoms with Gasteiger partial charge in [-0.15, -0.1) is 0 Å². The topological polar surface area (TPSA) is 98.5 Å². The first-order valence-electron chi connectivity index (χ1n) is 4.90. The average Bonchev–Trinajstić information content (AvgIpc) is 2.30. The van der Waals surface area contributed by atoms with Gasteiger partial charge in [0.1, 0.15) is 11.4 Å². The number of methoxy groups -OCH3 is 1. The van der Waals surface area contributed by atoms with Crippen LogP contribution in [-0.2, 0) is 19.6 Å². The second-order valence-corrected chi connectivity index (χ2v) is 5.68. The lowest BCUT2D eigenvalue weighted by Crippen LogP contribution is -2.30. The van der Waals surface area contributed by atoms with Gasteiger partial charge in [0.15, 0.2) is 0 Å². The quantitative estimate of drug-likeness (QED) is 0.628. The minimum atomic E-state index is -3.90. The van der Waals surface area contributed by atoms with Crippen molar-refractivity contribution in [2.24, 2.45) is 0 Å². The molecule has 18 heavy (non-hydrogen) atoms. The van der Waals surface area contributed by atoms with E-state index in [9.17, 15) is 13.2 Å². The van der Waals surface area contributed by atoms with Crippen LogP contribution in [0.1, 0.15) is 5.56 Å². The number of ether oxygens (including phenoxy) is 1. The Morgan fingerprint density at radius 3 is 2.67 bits per heavy atom. The summed E-state index contributed by atoms with van der Waals surface area (Å²) >= 11 is 5.84. The molecule has 0 saturated carbocycles. The zero-order chi connectivity index (χ0) is 13.9. The minimum absolute atomic E-state index is 0.0408. The lowest BCUT2D eigenvalue weighted by atomic mass is 10.2. The van der Waals surface area contributed by atoms with E-state index < -0.39 is 22.5 Å². The third-order valence-corrected chi connectivity index (χ3v) is 4.11. The van der Waals surface area contributed by atoms with Crippen molar-refractivity contribution in [3.8, 4) is 0 Å². The smallest absolute Gasteiger partial charge is 0.320 e. The van der Waals surface area contributed by atoms with E-state index in [-0.39, 0.29) is 9.92 Å². The van der Waals surface area contributed by atoms with E-state index in [1.54, 1.807) is 6.92 Å². The van der Waals surface area contributed by atoms with Gasteiger partial charge in [0.25, 0.3) is 0 Å². The van der Waals surface area contributed by atoms with Crippen LogP contribution in [-0.4, -0.2) is 28.0 Å². The van der Waals surface area contributed by atoms with Crippen LogP contribution in [0, 0.1) is 6.92 Å². The van der Waals surface area contributed by atoms with Gasteiger partial charge in [-0.05, 0) is 24.6 Å². The molecule has 6 nitrogen and oxygen atoms in total. The predicted octanol–water partition coefficient (Wildman–Crippen LogP) is 0.682. The van der Waals surface area contributed by atoms with Crippen LogP contribution in [0.4, 0.5) is 5.69 Å². The van der Waals surface area contributed by atoms with E-state index in [2.05, 4.69) is 9.46 Å². The molecule has 1 rings (SSSR count). The van der Waals surface area contributed by atoms with Gasteiger partial charge in [0.05, 0.1) is 12.1 Å². The molecule has 0 radical (unpaired) electrons. The summed E-state index contributed by atoms with van der Waals surface area (Å²) in [5.41, 5.74) is 6.60. The van der Waals surface area contributed by atoms with Crippen LogP contribution in [0.3, 0.4) is 0 Å². The Labute approximate surface area is 110 Å². The highest BCUT2D eigenvalue weighted by atomic mass is 35.5. The number of halogens is 1. The molecule has 0 unspecified atom stereocenters. The molecule has 1 aromatic carbocycles. The minimum Gasteiger partial charge on any atom is -0.468 e. The van der Waals surface area contributed by atoms with Gasteiger partial charge in [-0.1, -0.05) is 11.6 Å². The number of aryl methyl sites for hydroxylation is 1. The van der Waals surface area contributed by atoms with Crippen LogP contribution in [0.5, 0.6) is 0 Å². The number of esters is 1. The molecule has 0 aromatic heterocycles. The van der Waals surface area contributed by atoms with Crippen LogP contribution >= 0.6 is 11.6 Å². The second-order valence-electron chi connectivity index (χ2n) is 3.54. The number of rotatable bonds is 4. The number of carbonyl (C=O) groups excluding carboxylic acids is 1. The Morgan fingerprint density at radius 2 is 2.11 bits per heavy atom. The third-order valence-electron chi connectivity index (χ3n) is 2.24. The van der Waals surface area contributed by atoms with Crippen molar-refractivity contribution < 1.29 is 17.9 Å². The Hall–Kier alpha value is -1.31. The Morgan fingerprint density at radius 1 is 1.50 bits per heavy atom. The molecule has 0 saturated heterocycles. The standard InChI is InChI=1S/C10H13ClN2O4S/c1-6-3-7(11)9(4-8(6)12)18(15,16)13-5-10(14)17-2/h3-4,13H,5,12H2,1-2H3. The zero-order valence-corrected chi connectivity index (χ0v) is 11.4. The fourth-order valence-electron chi connectivity index (χ4n) is 1.18. The molecule has 0 fully saturated rings. The van der Waals surface area contributed by atoms with Gasteiger partial charge in [-0.3, -0.25) is 4.79 Å². The molecule has 0 spiro atoms. The van der Waals surface area contributed by atoms with Gasteiger partial charge >= 0.3 is 5.97 Å². The van der Waals surface area contributed by atoms with E-state index in [1.807, 2.05) is 0 Å². The normalized spacial score (nSPS) is 11.3. The van der Waals surface area contributed by atoms with Gasteiger partial charge < -0.3 is 10.5 Å². The Kier molecular flexibility index (Phi) is 4.55. The lowest BCUT2D eigenvalue weighted by Gasteiger charge is -2.09. The molecule has 8 heteroatoms. The van der Waals surface area contributed by atoms with E-state index in [1.165, 1.54) is 12.1 Å². The van der Waals surface area contributed by atoms with Crippen molar-refractivity contribution in [2.75, 3.05) is 19.4 Å². The summed E-state index contributed by atoms with van der Waals surface area (Å²) in [6, 6.07) is 2.70. The van der Waals surface area contributed by atoms with Crippen molar-refractivity contribution in [3.63, 3.8) is 0 Å². The SMILES string of the molecule is COC(=O)CNS(=O)(=O)c1cc(N)c(C)cc1Cl. The maximum Gasteiger partial charge on any atom is 0.320 e. The second kappa shape index (κ2) is 5.55. The van der Waals surface area contributed by atoms with Crippen LogP contribution in [0.2, 0.25) is 5.02 Å². The van der Waals surface area contributed by atoms with Gasteiger partial charge in [0, 0.05) is 5.69 Å². The average molecular weight is 293 g/mol. The van der Waals surface area contributed by atoms with E-state index in [0.29, 0.717) is 11.3 Å². The molecular weight excluding hydrogens is 280 g/mol. The van der Waals surface area contributed by atoms with E-state index in [4.69, 9.17) is 17.3 Å². The molecule has 0 atom stereocenters. The van der Waals surface area contributed by atoms with Gasteiger partial charge in [-0.2, -0.15) is 4.72 Å². The highest BCUT2D eigenvalue weighted by Gasteiger charge is 2.20. The first kappa shape index (κ1) is 14.7. The molecule has 0 aliphatic heterocycles. The number of hydrogen-bond acceptors (Lipinski definition) is 5.